The van der Waals surface area contributed by atoms with E-state index in [0.29, 0.717) is 23.2 Å². The predicted octanol–water partition coefficient (Wildman–Crippen LogP) is 3.50. The summed E-state index contributed by atoms with van der Waals surface area (Å²) in [5, 5.41) is 13.7. The van der Waals surface area contributed by atoms with Crippen LogP contribution in [0.15, 0.2) is 48.5 Å². The van der Waals surface area contributed by atoms with Gasteiger partial charge in [-0.15, -0.1) is 0 Å². The summed E-state index contributed by atoms with van der Waals surface area (Å²) in [6.45, 7) is 1.79. The number of carbonyl (C=O) groups is 2. The predicted molar refractivity (Wildman–Crippen MR) is 94.6 cm³/mol. The van der Waals surface area contributed by atoms with Crippen LogP contribution in [0.5, 0.6) is 0 Å². The molecule has 1 saturated heterocycles. The van der Waals surface area contributed by atoms with Crippen LogP contribution >= 0.6 is 0 Å². The molecule has 26 heavy (non-hydrogen) atoms. The lowest BCUT2D eigenvalue weighted by Gasteiger charge is -2.39. The van der Waals surface area contributed by atoms with E-state index in [-0.39, 0.29) is 24.3 Å². The molecule has 1 N–H and O–H groups in total. The standard InChI is InChI=1S/C19H18N2O5/c1-19(16-7-2-3-8-17(16)20-12-22)11-15(23)10-18(26-19)13-5-4-6-14(9-13)21(24)25/h2-9,12,18H,10-11H2,1H3,(H,20,22)/t18-,19+/m1/s1. The van der Waals surface area contributed by atoms with Crippen molar-refractivity contribution in [3.05, 3.63) is 69.8 Å². The van der Waals surface area contributed by atoms with Crippen molar-refractivity contribution in [1.82, 2.24) is 0 Å². The number of rotatable bonds is 5. The van der Waals surface area contributed by atoms with Crippen LogP contribution in [0.1, 0.15) is 37.0 Å². The maximum absolute atomic E-state index is 12.4. The molecule has 1 aliphatic heterocycles. The number of ketones is 1. The van der Waals surface area contributed by atoms with Gasteiger partial charge in [-0.2, -0.15) is 0 Å². The number of Topliss-reactive ketones (excluding diaryl/α,β-unsaturated/α-hetero) is 1. The van der Waals surface area contributed by atoms with Crippen LogP contribution in [-0.4, -0.2) is 17.1 Å². The van der Waals surface area contributed by atoms with E-state index in [1.807, 2.05) is 0 Å². The molecule has 1 amide bonds. The second-order valence-electron chi connectivity index (χ2n) is 6.42. The fourth-order valence-electron chi connectivity index (χ4n) is 3.37. The number of ether oxygens (including phenoxy) is 1. The van der Waals surface area contributed by atoms with Crippen molar-refractivity contribution in [2.24, 2.45) is 0 Å². The Morgan fingerprint density at radius 2 is 2.04 bits per heavy atom. The Morgan fingerprint density at radius 3 is 2.77 bits per heavy atom. The first-order valence-electron chi connectivity index (χ1n) is 8.16. The molecule has 3 rings (SSSR count). The molecule has 0 radical (unpaired) electrons. The maximum atomic E-state index is 12.4. The summed E-state index contributed by atoms with van der Waals surface area (Å²) >= 11 is 0. The zero-order valence-electron chi connectivity index (χ0n) is 14.2. The maximum Gasteiger partial charge on any atom is 0.269 e. The number of anilines is 1. The summed E-state index contributed by atoms with van der Waals surface area (Å²) in [6.07, 6.45) is 0.298. The molecule has 0 bridgehead atoms. The Labute approximate surface area is 150 Å². The molecular formula is C19H18N2O5. The molecule has 2 aromatic carbocycles. The number of para-hydroxylation sites is 1. The van der Waals surface area contributed by atoms with E-state index in [0.717, 1.165) is 0 Å². The first kappa shape index (κ1) is 17.8. The van der Waals surface area contributed by atoms with Crippen molar-refractivity contribution in [1.29, 1.82) is 0 Å². The number of nitrogens with one attached hydrogen (secondary N) is 1. The highest BCUT2D eigenvalue weighted by molar-refractivity contribution is 5.82. The molecule has 7 nitrogen and oxygen atoms in total. The molecule has 2 atom stereocenters. The number of non-ortho nitro benzene ring substituents is 1. The Balaban J connectivity index is 1.98. The second kappa shape index (κ2) is 7.05. The van der Waals surface area contributed by atoms with Gasteiger partial charge in [-0.05, 0) is 18.6 Å². The van der Waals surface area contributed by atoms with Gasteiger partial charge in [-0.25, -0.2) is 0 Å². The summed E-state index contributed by atoms with van der Waals surface area (Å²) in [6, 6.07) is 13.2. The zero-order chi connectivity index (χ0) is 18.7. The number of amides is 1. The highest BCUT2D eigenvalue weighted by Crippen LogP contribution is 2.44. The monoisotopic (exact) mass is 354 g/mol. The number of carbonyl (C=O) groups excluding carboxylic acids is 2. The van der Waals surface area contributed by atoms with Gasteiger partial charge in [0.1, 0.15) is 11.4 Å². The van der Waals surface area contributed by atoms with Gasteiger partial charge in [0, 0.05) is 36.2 Å². The summed E-state index contributed by atoms with van der Waals surface area (Å²) in [5.41, 5.74) is 0.846. The van der Waals surface area contributed by atoms with Gasteiger partial charge in [0.2, 0.25) is 6.41 Å². The van der Waals surface area contributed by atoms with Crippen molar-refractivity contribution in [3.8, 4) is 0 Å². The molecular weight excluding hydrogens is 336 g/mol. The third kappa shape index (κ3) is 3.48. The molecule has 1 fully saturated rings. The van der Waals surface area contributed by atoms with Gasteiger partial charge in [0.25, 0.3) is 5.69 Å². The third-order valence-corrected chi connectivity index (χ3v) is 4.51. The van der Waals surface area contributed by atoms with Gasteiger partial charge in [0.15, 0.2) is 0 Å². The Hall–Kier alpha value is -3.06. The van der Waals surface area contributed by atoms with Crippen LogP contribution in [0.4, 0.5) is 11.4 Å². The van der Waals surface area contributed by atoms with Gasteiger partial charge < -0.3 is 10.1 Å². The van der Waals surface area contributed by atoms with Gasteiger partial charge in [-0.1, -0.05) is 30.3 Å². The highest BCUT2D eigenvalue weighted by Gasteiger charge is 2.40. The lowest BCUT2D eigenvalue weighted by Crippen LogP contribution is -2.37. The van der Waals surface area contributed by atoms with E-state index in [1.54, 1.807) is 43.3 Å². The minimum atomic E-state index is -0.947. The van der Waals surface area contributed by atoms with E-state index in [2.05, 4.69) is 5.32 Å². The van der Waals surface area contributed by atoms with Crippen molar-refractivity contribution < 1.29 is 19.2 Å². The highest BCUT2D eigenvalue weighted by atomic mass is 16.6. The van der Waals surface area contributed by atoms with E-state index in [9.17, 15) is 19.7 Å². The van der Waals surface area contributed by atoms with E-state index >= 15 is 0 Å². The van der Waals surface area contributed by atoms with Crippen molar-refractivity contribution in [3.63, 3.8) is 0 Å². The van der Waals surface area contributed by atoms with Crippen LogP contribution in [0, 0.1) is 10.1 Å². The number of benzene rings is 2. The van der Waals surface area contributed by atoms with Crippen LogP contribution in [0.2, 0.25) is 0 Å². The summed E-state index contributed by atoms with van der Waals surface area (Å²) < 4.78 is 6.24. The molecule has 0 aromatic heterocycles. The van der Waals surface area contributed by atoms with Crippen LogP contribution < -0.4 is 5.32 Å². The Morgan fingerprint density at radius 1 is 1.27 bits per heavy atom. The normalized spacial score (nSPS) is 22.7. The van der Waals surface area contributed by atoms with Crippen LogP contribution in [0.25, 0.3) is 0 Å². The van der Waals surface area contributed by atoms with Gasteiger partial charge in [-0.3, -0.25) is 19.7 Å². The Bertz CT molecular complexity index is 867. The average Bonchev–Trinajstić information content (AvgIpc) is 2.62. The SMILES string of the molecule is C[C@@]1(c2ccccc2NC=O)CC(=O)C[C@H](c2cccc([N+](=O)[O-])c2)O1. The van der Waals surface area contributed by atoms with Crippen LogP contribution in [-0.2, 0) is 19.9 Å². The quantitative estimate of drug-likeness (QED) is 0.503. The van der Waals surface area contributed by atoms with Gasteiger partial charge in [0.05, 0.1) is 11.0 Å². The number of hydrogen-bond acceptors (Lipinski definition) is 5. The van der Waals surface area contributed by atoms with E-state index in [4.69, 9.17) is 4.74 Å². The minimum absolute atomic E-state index is 0.00355. The van der Waals surface area contributed by atoms with E-state index < -0.39 is 16.6 Å². The molecule has 1 aliphatic rings. The van der Waals surface area contributed by atoms with Crippen LogP contribution in [0.3, 0.4) is 0 Å². The third-order valence-electron chi connectivity index (χ3n) is 4.51. The van der Waals surface area contributed by atoms with E-state index in [1.165, 1.54) is 12.1 Å². The van der Waals surface area contributed by atoms with Gasteiger partial charge >= 0.3 is 0 Å². The molecule has 2 aromatic rings. The number of nitro groups is 1. The molecule has 0 unspecified atom stereocenters. The van der Waals surface area contributed by atoms with Crippen molar-refractivity contribution >= 4 is 23.6 Å². The summed E-state index contributed by atoms with van der Waals surface area (Å²) in [7, 11) is 0. The first-order chi connectivity index (χ1) is 12.4. The molecule has 134 valence electrons. The lowest BCUT2D eigenvalue weighted by molar-refractivity contribution is -0.385. The van der Waals surface area contributed by atoms with Crippen molar-refractivity contribution in [2.45, 2.75) is 31.5 Å². The fraction of sp³-hybridized carbons (Fsp3) is 0.263. The smallest absolute Gasteiger partial charge is 0.269 e. The summed E-state index contributed by atoms with van der Waals surface area (Å²) in [4.78, 5) is 33.8. The number of nitro benzene ring substituents is 1. The topological polar surface area (TPSA) is 98.5 Å². The lowest BCUT2D eigenvalue weighted by atomic mass is 9.83. The zero-order valence-corrected chi connectivity index (χ0v) is 14.2. The Kier molecular flexibility index (Phi) is 4.81. The molecule has 0 spiro atoms. The number of nitrogens with zero attached hydrogens (tertiary/aromatic N) is 1. The number of hydrogen-bond donors (Lipinski definition) is 1. The summed E-state index contributed by atoms with van der Waals surface area (Å²) in [5.74, 6) is -0.00355. The molecule has 1 heterocycles. The first-order valence-corrected chi connectivity index (χ1v) is 8.16. The average molecular weight is 354 g/mol. The fourth-order valence-corrected chi connectivity index (χ4v) is 3.37. The van der Waals surface area contributed by atoms with Crippen molar-refractivity contribution in [2.75, 3.05) is 5.32 Å². The molecule has 0 saturated carbocycles. The molecule has 0 aliphatic carbocycles. The minimum Gasteiger partial charge on any atom is -0.362 e. The second-order valence-corrected chi connectivity index (χ2v) is 6.42. The largest absolute Gasteiger partial charge is 0.362 e. The molecule has 7 heteroatoms.